The van der Waals surface area contributed by atoms with E-state index in [0.29, 0.717) is 14.1 Å². The van der Waals surface area contributed by atoms with Crippen LogP contribution in [0.3, 0.4) is 0 Å². The zero-order valence-corrected chi connectivity index (χ0v) is 13.8. The second-order valence-electron chi connectivity index (χ2n) is 5.56. The number of likely N-dealkylation sites (N-methyl/N-ethyl adjacent to an activating group) is 1. The van der Waals surface area contributed by atoms with Crippen LogP contribution in [-0.2, 0) is 4.79 Å². The molecule has 1 atom stereocenters. The van der Waals surface area contributed by atoms with E-state index in [1.54, 1.807) is 0 Å². The molecule has 0 bridgehead atoms. The fourth-order valence-electron chi connectivity index (χ4n) is 2.21. The Hall–Kier alpha value is -1.67. The average Bonchev–Trinajstić information content (AvgIpc) is 2.38. The molecule has 1 unspecified atom stereocenters. The van der Waals surface area contributed by atoms with Gasteiger partial charge in [0.1, 0.15) is 0 Å². The molecule has 0 aliphatic carbocycles. The summed E-state index contributed by atoms with van der Waals surface area (Å²) in [6, 6.07) is 0. The standard InChI is InChI=1S/C12H12F12N2O/c1-25(2)7(13)5(6(27)9(14,15)16)8(26(3)4,11(19,20)21)10(17,18)12(22,23)24/h1-4H3/b7-5+. The highest BCUT2D eigenvalue weighted by atomic mass is 19.4. The van der Waals surface area contributed by atoms with Crippen molar-refractivity contribution in [2.24, 2.45) is 0 Å². The van der Waals surface area contributed by atoms with Crippen LogP contribution < -0.4 is 0 Å². The lowest BCUT2D eigenvalue weighted by Crippen LogP contribution is -2.73. The van der Waals surface area contributed by atoms with Crippen molar-refractivity contribution in [2.75, 3.05) is 28.2 Å². The molecule has 160 valence electrons. The first kappa shape index (κ1) is 25.3. The van der Waals surface area contributed by atoms with Crippen LogP contribution in [0.25, 0.3) is 0 Å². The van der Waals surface area contributed by atoms with Gasteiger partial charge in [-0.05, 0) is 14.1 Å². The van der Waals surface area contributed by atoms with Crippen LogP contribution in [0.4, 0.5) is 52.7 Å². The van der Waals surface area contributed by atoms with E-state index in [9.17, 15) is 57.5 Å². The number of rotatable bonds is 5. The molecule has 0 aliphatic rings. The summed E-state index contributed by atoms with van der Waals surface area (Å²) in [6.07, 6.45) is -20.4. The van der Waals surface area contributed by atoms with Crippen molar-refractivity contribution in [1.82, 2.24) is 9.80 Å². The predicted octanol–water partition coefficient (Wildman–Crippen LogP) is 3.92. The Kier molecular flexibility index (Phi) is 6.62. The summed E-state index contributed by atoms with van der Waals surface area (Å²) in [4.78, 5) is 10.1. The summed E-state index contributed by atoms with van der Waals surface area (Å²) in [6.45, 7) is 0. The molecular weight excluding hydrogens is 416 g/mol. The van der Waals surface area contributed by atoms with Crippen molar-refractivity contribution in [3.05, 3.63) is 11.5 Å². The first-order valence-corrected chi connectivity index (χ1v) is 6.46. The van der Waals surface area contributed by atoms with Crippen LogP contribution in [0.1, 0.15) is 0 Å². The lowest BCUT2D eigenvalue weighted by molar-refractivity contribution is -0.368. The molecule has 0 saturated heterocycles. The van der Waals surface area contributed by atoms with Crippen LogP contribution in [0.2, 0.25) is 0 Å². The first-order valence-electron chi connectivity index (χ1n) is 6.46. The molecule has 0 radical (unpaired) electrons. The third-order valence-corrected chi connectivity index (χ3v) is 3.34. The largest absolute Gasteiger partial charge is 0.456 e. The van der Waals surface area contributed by atoms with Gasteiger partial charge in [-0.25, -0.2) is 0 Å². The van der Waals surface area contributed by atoms with E-state index in [0.717, 1.165) is 0 Å². The Morgan fingerprint density at radius 3 is 1.26 bits per heavy atom. The van der Waals surface area contributed by atoms with E-state index in [2.05, 4.69) is 0 Å². The molecule has 0 aliphatic heterocycles. The van der Waals surface area contributed by atoms with Gasteiger partial charge < -0.3 is 4.90 Å². The van der Waals surface area contributed by atoms with E-state index < -0.39 is 52.2 Å². The number of carbonyl (C=O) groups is 1. The van der Waals surface area contributed by atoms with Crippen LogP contribution in [0.5, 0.6) is 0 Å². The van der Waals surface area contributed by atoms with E-state index in [1.807, 2.05) is 0 Å². The molecule has 0 heterocycles. The topological polar surface area (TPSA) is 23.6 Å². The van der Waals surface area contributed by atoms with Gasteiger partial charge in [-0.3, -0.25) is 9.69 Å². The molecular formula is C12H12F12N2O. The van der Waals surface area contributed by atoms with Gasteiger partial charge in [-0.15, -0.1) is 0 Å². The molecule has 0 spiro atoms. The monoisotopic (exact) mass is 428 g/mol. The number of alkyl halides is 11. The molecule has 0 saturated carbocycles. The van der Waals surface area contributed by atoms with Crippen molar-refractivity contribution >= 4 is 5.78 Å². The first-order chi connectivity index (χ1) is 11.6. The normalized spacial score (nSPS) is 17.5. The number of ketones is 1. The molecule has 3 nitrogen and oxygen atoms in total. The maximum absolute atomic E-state index is 14.1. The van der Waals surface area contributed by atoms with Gasteiger partial charge in [0, 0.05) is 14.1 Å². The highest BCUT2D eigenvalue weighted by Crippen LogP contribution is 2.57. The van der Waals surface area contributed by atoms with Crippen LogP contribution >= 0.6 is 0 Å². The SMILES string of the molecule is CN(C)/C(F)=C(\C(=O)C(F)(F)F)C(N(C)C)(C(F)(F)F)C(F)(F)C(F)(F)F. The summed E-state index contributed by atoms with van der Waals surface area (Å²) >= 11 is 0. The lowest BCUT2D eigenvalue weighted by atomic mass is 9.78. The molecule has 0 N–H and O–H groups in total. The van der Waals surface area contributed by atoms with Gasteiger partial charge in [-0.1, -0.05) is 0 Å². The van der Waals surface area contributed by atoms with E-state index >= 15 is 0 Å². The van der Waals surface area contributed by atoms with Crippen molar-refractivity contribution in [3.8, 4) is 0 Å². The van der Waals surface area contributed by atoms with Gasteiger partial charge in [-0.2, -0.15) is 52.7 Å². The van der Waals surface area contributed by atoms with Gasteiger partial charge in [0.25, 0.3) is 5.78 Å². The highest BCUT2D eigenvalue weighted by Gasteiger charge is 2.84. The maximum atomic E-state index is 14.1. The maximum Gasteiger partial charge on any atom is 0.456 e. The van der Waals surface area contributed by atoms with Crippen molar-refractivity contribution < 1.29 is 57.5 Å². The van der Waals surface area contributed by atoms with Gasteiger partial charge in [0.15, 0.2) is 5.95 Å². The van der Waals surface area contributed by atoms with Gasteiger partial charge >= 0.3 is 24.5 Å². The molecule has 0 aromatic carbocycles. The van der Waals surface area contributed by atoms with Crippen molar-refractivity contribution in [2.45, 2.75) is 30.0 Å². The Balaban J connectivity index is 7.70. The summed E-state index contributed by atoms with van der Waals surface area (Å²) in [7, 11) is 0.614. The minimum Gasteiger partial charge on any atom is -0.354 e. The van der Waals surface area contributed by atoms with Crippen LogP contribution in [0.15, 0.2) is 11.5 Å². The number of Topliss-reactive ketones (excluding diaryl/α,β-unsaturated/α-hetero) is 1. The fourth-order valence-corrected chi connectivity index (χ4v) is 2.21. The Morgan fingerprint density at radius 2 is 1.07 bits per heavy atom. The predicted molar refractivity (Wildman–Crippen MR) is 66.4 cm³/mol. The fraction of sp³-hybridized carbons (Fsp3) is 0.750. The van der Waals surface area contributed by atoms with Crippen LogP contribution in [-0.4, -0.2) is 73.8 Å². The minimum absolute atomic E-state index is 0.0975. The second kappa shape index (κ2) is 7.05. The molecule has 0 fully saturated rings. The number of nitrogens with zero attached hydrogens (tertiary/aromatic N) is 2. The van der Waals surface area contributed by atoms with E-state index in [-0.39, 0.29) is 19.0 Å². The highest BCUT2D eigenvalue weighted by molar-refractivity contribution is 6.02. The number of hydrogen-bond acceptors (Lipinski definition) is 3. The molecule has 0 aromatic heterocycles. The molecule has 27 heavy (non-hydrogen) atoms. The zero-order valence-electron chi connectivity index (χ0n) is 13.8. The summed E-state index contributed by atoms with van der Waals surface area (Å²) in [5.74, 6) is -13.8. The molecule has 15 heteroatoms. The van der Waals surface area contributed by atoms with Gasteiger partial charge in [0.2, 0.25) is 5.54 Å². The Labute approximate surface area is 144 Å². The minimum atomic E-state index is -7.10. The molecule has 0 rings (SSSR count). The second-order valence-corrected chi connectivity index (χ2v) is 5.56. The van der Waals surface area contributed by atoms with Crippen molar-refractivity contribution in [1.29, 1.82) is 0 Å². The average molecular weight is 428 g/mol. The number of hydrogen-bond donors (Lipinski definition) is 0. The number of halogens is 12. The van der Waals surface area contributed by atoms with Crippen LogP contribution in [0, 0.1) is 0 Å². The Bertz CT molecular complexity index is 599. The van der Waals surface area contributed by atoms with Crippen molar-refractivity contribution in [3.63, 3.8) is 0 Å². The van der Waals surface area contributed by atoms with E-state index in [1.165, 1.54) is 0 Å². The summed E-state index contributed by atoms with van der Waals surface area (Å²) in [5.41, 5.74) is -9.46. The molecule has 0 aromatic rings. The summed E-state index contributed by atoms with van der Waals surface area (Å²) < 4.78 is 159. The number of carbonyl (C=O) groups excluding carboxylic acids is 1. The zero-order chi connectivity index (χ0) is 22.4. The third-order valence-electron chi connectivity index (χ3n) is 3.34. The summed E-state index contributed by atoms with van der Waals surface area (Å²) in [5, 5.41) is 0. The lowest BCUT2D eigenvalue weighted by Gasteiger charge is -2.47. The quantitative estimate of drug-likeness (QED) is 0.377. The smallest absolute Gasteiger partial charge is 0.354 e. The molecule has 0 amide bonds. The van der Waals surface area contributed by atoms with E-state index in [4.69, 9.17) is 0 Å². The van der Waals surface area contributed by atoms with Gasteiger partial charge in [0.05, 0.1) is 5.57 Å². The Morgan fingerprint density at radius 1 is 0.704 bits per heavy atom. The third kappa shape index (κ3) is 3.96.